The largest absolute Gasteiger partial charge is 0.315 e. The van der Waals surface area contributed by atoms with Crippen molar-refractivity contribution < 1.29 is 0 Å². The fraction of sp³-hybridized carbons (Fsp3) is 0.500. The highest BCUT2D eigenvalue weighted by molar-refractivity contribution is 5.22. The molecule has 86 valence electrons. The van der Waals surface area contributed by atoms with Crippen LogP contribution in [0.1, 0.15) is 25.0 Å². The van der Waals surface area contributed by atoms with E-state index < -0.39 is 0 Å². The minimum Gasteiger partial charge on any atom is -0.315 e. The van der Waals surface area contributed by atoms with Gasteiger partial charge in [-0.2, -0.15) is 5.26 Å². The maximum Gasteiger partial charge on any atom is 0.0697 e. The monoisotopic (exact) mass is 216 g/mol. The molecule has 0 radical (unpaired) electrons. The van der Waals surface area contributed by atoms with Gasteiger partial charge in [-0.15, -0.1) is 0 Å². The Balaban J connectivity index is 2.29. The first-order chi connectivity index (χ1) is 7.53. The van der Waals surface area contributed by atoms with Crippen LogP contribution in [0.5, 0.6) is 0 Å². The Morgan fingerprint density at radius 3 is 2.75 bits per heavy atom. The van der Waals surface area contributed by atoms with Crippen LogP contribution in [0.25, 0.3) is 0 Å². The summed E-state index contributed by atoms with van der Waals surface area (Å²) in [6.07, 6.45) is 1.02. The molecule has 0 saturated carbocycles. The third kappa shape index (κ3) is 4.46. The van der Waals surface area contributed by atoms with Gasteiger partial charge in [0.1, 0.15) is 0 Å². The maximum atomic E-state index is 8.86. The summed E-state index contributed by atoms with van der Waals surface area (Å²) >= 11 is 0. The van der Waals surface area contributed by atoms with E-state index in [0.29, 0.717) is 0 Å². The molecule has 0 aromatic heterocycles. The number of nitriles is 1. The number of rotatable bonds is 5. The van der Waals surface area contributed by atoms with Gasteiger partial charge in [0.25, 0.3) is 0 Å². The van der Waals surface area contributed by atoms with E-state index in [0.717, 1.165) is 19.5 Å². The molecule has 0 aliphatic heterocycles. The van der Waals surface area contributed by atoms with E-state index in [2.05, 4.69) is 42.6 Å². The molecule has 0 atom stereocenters. The second-order valence-electron chi connectivity index (χ2n) is 4.91. The first kappa shape index (κ1) is 12.7. The van der Waals surface area contributed by atoms with Gasteiger partial charge in [-0.05, 0) is 39.3 Å². The summed E-state index contributed by atoms with van der Waals surface area (Å²) in [6, 6.07) is 10.8. The van der Waals surface area contributed by atoms with Crippen LogP contribution in [0, 0.1) is 23.7 Å². The summed E-state index contributed by atoms with van der Waals surface area (Å²) < 4.78 is 0. The molecular formula is C14H20N2. The predicted molar refractivity (Wildman–Crippen MR) is 67.1 cm³/mol. The van der Waals surface area contributed by atoms with Crippen molar-refractivity contribution in [3.63, 3.8) is 0 Å². The number of nitrogens with one attached hydrogen (secondary N) is 1. The first-order valence-electron chi connectivity index (χ1n) is 5.71. The minimum atomic E-state index is -0.271. The third-order valence-corrected chi connectivity index (χ3v) is 2.54. The van der Waals surface area contributed by atoms with Crippen molar-refractivity contribution in [1.82, 2.24) is 5.32 Å². The minimum absolute atomic E-state index is 0.271. The molecule has 1 aromatic carbocycles. The number of benzene rings is 1. The van der Waals surface area contributed by atoms with E-state index in [9.17, 15) is 0 Å². The van der Waals surface area contributed by atoms with E-state index in [1.165, 1.54) is 11.1 Å². The molecule has 0 spiro atoms. The first-order valence-corrected chi connectivity index (χ1v) is 5.71. The van der Waals surface area contributed by atoms with E-state index in [4.69, 9.17) is 5.26 Å². The zero-order valence-electron chi connectivity index (χ0n) is 10.4. The molecule has 16 heavy (non-hydrogen) atoms. The number of aryl methyl sites for hydroxylation is 1. The van der Waals surface area contributed by atoms with Crippen molar-refractivity contribution in [2.75, 3.05) is 13.1 Å². The lowest BCUT2D eigenvalue weighted by atomic mass is 9.96. The zero-order chi connectivity index (χ0) is 12.0. The smallest absolute Gasteiger partial charge is 0.0697 e. The van der Waals surface area contributed by atoms with Crippen molar-refractivity contribution >= 4 is 0 Å². The molecule has 0 unspecified atom stereocenters. The number of hydrogen-bond donors (Lipinski definition) is 1. The SMILES string of the molecule is Cc1cccc(CCNCC(C)(C)C#N)c1. The van der Waals surface area contributed by atoms with Crippen LogP contribution < -0.4 is 5.32 Å². The third-order valence-electron chi connectivity index (χ3n) is 2.54. The van der Waals surface area contributed by atoms with Crippen LogP contribution >= 0.6 is 0 Å². The molecule has 0 fully saturated rings. The highest BCUT2D eigenvalue weighted by Gasteiger charge is 2.14. The molecule has 0 saturated heterocycles. The Hall–Kier alpha value is -1.33. The second-order valence-corrected chi connectivity index (χ2v) is 4.91. The van der Waals surface area contributed by atoms with E-state index >= 15 is 0 Å². The fourth-order valence-corrected chi connectivity index (χ4v) is 1.54. The van der Waals surface area contributed by atoms with Crippen LogP contribution in [-0.4, -0.2) is 13.1 Å². The predicted octanol–water partition coefficient (Wildman–Crippen LogP) is 2.68. The molecule has 1 rings (SSSR count). The Morgan fingerprint density at radius 1 is 1.38 bits per heavy atom. The van der Waals surface area contributed by atoms with Crippen molar-refractivity contribution in [2.45, 2.75) is 27.2 Å². The van der Waals surface area contributed by atoms with Crippen LogP contribution in [0.4, 0.5) is 0 Å². The number of hydrogen-bond acceptors (Lipinski definition) is 2. The Bertz CT molecular complexity index is 375. The fourth-order valence-electron chi connectivity index (χ4n) is 1.54. The van der Waals surface area contributed by atoms with Gasteiger partial charge in [0.05, 0.1) is 11.5 Å². The van der Waals surface area contributed by atoms with Crippen molar-refractivity contribution in [3.8, 4) is 6.07 Å². The second kappa shape index (κ2) is 5.67. The zero-order valence-corrected chi connectivity index (χ0v) is 10.4. The van der Waals surface area contributed by atoms with Crippen molar-refractivity contribution in [2.24, 2.45) is 5.41 Å². The Morgan fingerprint density at radius 2 is 2.12 bits per heavy atom. The molecule has 0 aliphatic rings. The lowest BCUT2D eigenvalue weighted by molar-refractivity contribution is 0.447. The molecule has 1 N–H and O–H groups in total. The van der Waals surface area contributed by atoms with Gasteiger partial charge in [-0.25, -0.2) is 0 Å². The normalized spacial score (nSPS) is 11.1. The van der Waals surface area contributed by atoms with Gasteiger partial charge in [0.2, 0.25) is 0 Å². The standard InChI is InChI=1S/C14H20N2/c1-12-5-4-6-13(9-12)7-8-16-11-14(2,3)10-15/h4-6,9,16H,7-8,11H2,1-3H3. The van der Waals surface area contributed by atoms with Crippen LogP contribution in [0.3, 0.4) is 0 Å². The Labute approximate surface area is 98.3 Å². The summed E-state index contributed by atoms with van der Waals surface area (Å²) in [4.78, 5) is 0. The molecule has 1 aromatic rings. The van der Waals surface area contributed by atoms with E-state index in [1.54, 1.807) is 0 Å². The topological polar surface area (TPSA) is 35.8 Å². The lowest BCUT2D eigenvalue weighted by Crippen LogP contribution is -2.29. The summed E-state index contributed by atoms with van der Waals surface area (Å²) in [5, 5.41) is 12.2. The molecule has 0 aliphatic carbocycles. The van der Waals surface area contributed by atoms with Gasteiger partial charge in [0, 0.05) is 6.54 Å². The summed E-state index contributed by atoms with van der Waals surface area (Å²) in [5.41, 5.74) is 2.38. The molecule has 2 nitrogen and oxygen atoms in total. The van der Waals surface area contributed by atoms with E-state index in [-0.39, 0.29) is 5.41 Å². The Kier molecular flexibility index (Phi) is 4.52. The van der Waals surface area contributed by atoms with Crippen molar-refractivity contribution in [3.05, 3.63) is 35.4 Å². The number of nitrogens with zero attached hydrogens (tertiary/aromatic N) is 1. The molecule has 0 bridgehead atoms. The highest BCUT2D eigenvalue weighted by Crippen LogP contribution is 2.10. The average molecular weight is 216 g/mol. The van der Waals surface area contributed by atoms with Crippen LogP contribution in [0.15, 0.2) is 24.3 Å². The summed E-state index contributed by atoms with van der Waals surface area (Å²) in [6.45, 7) is 7.68. The molecule has 0 amide bonds. The molecule has 0 heterocycles. The lowest BCUT2D eigenvalue weighted by Gasteiger charge is -2.15. The quantitative estimate of drug-likeness (QED) is 0.768. The van der Waals surface area contributed by atoms with Gasteiger partial charge < -0.3 is 5.32 Å². The van der Waals surface area contributed by atoms with Crippen LogP contribution in [-0.2, 0) is 6.42 Å². The summed E-state index contributed by atoms with van der Waals surface area (Å²) in [5.74, 6) is 0. The van der Waals surface area contributed by atoms with E-state index in [1.807, 2.05) is 13.8 Å². The van der Waals surface area contributed by atoms with Gasteiger partial charge >= 0.3 is 0 Å². The summed E-state index contributed by atoms with van der Waals surface area (Å²) in [7, 11) is 0. The molecular weight excluding hydrogens is 196 g/mol. The molecule has 2 heteroatoms. The van der Waals surface area contributed by atoms with Gasteiger partial charge in [0.15, 0.2) is 0 Å². The van der Waals surface area contributed by atoms with Crippen LogP contribution in [0.2, 0.25) is 0 Å². The highest BCUT2D eigenvalue weighted by atomic mass is 14.9. The van der Waals surface area contributed by atoms with Gasteiger partial charge in [-0.3, -0.25) is 0 Å². The maximum absolute atomic E-state index is 8.86. The van der Waals surface area contributed by atoms with Crippen molar-refractivity contribution in [1.29, 1.82) is 5.26 Å². The van der Waals surface area contributed by atoms with Gasteiger partial charge in [-0.1, -0.05) is 29.8 Å². The average Bonchev–Trinajstić information content (AvgIpc) is 2.25.